The summed E-state index contributed by atoms with van der Waals surface area (Å²) in [6.07, 6.45) is 0. The molecule has 2 aromatic rings. The van der Waals surface area contributed by atoms with Gasteiger partial charge in [0.15, 0.2) is 0 Å². The van der Waals surface area contributed by atoms with Crippen molar-refractivity contribution in [2.24, 2.45) is 0 Å². The van der Waals surface area contributed by atoms with Gasteiger partial charge in [-0.15, -0.1) is 0 Å². The Morgan fingerprint density at radius 1 is 1.38 bits per heavy atom. The van der Waals surface area contributed by atoms with Crippen LogP contribution in [0.25, 0.3) is 11.0 Å². The number of hydrogen-bond donors (Lipinski definition) is 4. The van der Waals surface area contributed by atoms with E-state index in [4.69, 9.17) is 10.2 Å². The minimum absolute atomic E-state index is 0.101. The molecule has 0 spiro atoms. The highest BCUT2D eigenvalue weighted by molar-refractivity contribution is 5.79. The molecule has 0 aliphatic carbocycles. The fraction of sp³-hybridized carbons (Fsp3) is 0.364. The van der Waals surface area contributed by atoms with Crippen molar-refractivity contribution in [2.75, 3.05) is 18.5 Å². The second kappa shape index (κ2) is 4.51. The van der Waals surface area contributed by atoms with E-state index < -0.39 is 0 Å². The number of anilines is 1. The number of rotatable bonds is 4. The van der Waals surface area contributed by atoms with Crippen molar-refractivity contribution in [3.05, 3.63) is 24.0 Å². The molecule has 0 unspecified atom stereocenters. The van der Waals surface area contributed by atoms with Crippen molar-refractivity contribution < 1.29 is 10.2 Å². The van der Waals surface area contributed by atoms with Crippen LogP contribution < -0.4 is 5.32 Å². The zero-order valence-electron chi connectivity index (χ0n) is 9.07. The smallest absolute Gasteiger partial charge is 0.104 e. The van der Waals surface area contributed by atoms with Gasteiger partial charge < -0.3 is 20.5 Å². The number of nitrogens with zero attached hydrogens (tertiary/aromatic N) is 1. The summed E-state index contributed by atoms with van der Waals surface area (Å²) in [6, 6.07) is 5.35. The topological polar surface area (TPSA) is 81.2 Å². The lowest BCUT2D eigenvalue weighted by molar-refractivity contribution is 0.204. The first kappa shape index (κ1) is 10.9. The number of aromatic nitrogens is 2. The van der Waals surface area contributed by atoms with Gasteiger partial charge in [0.2, 0.25) is 0 Å². The summed E-state index contributed by atoms with van der Waals surface area (Å²) in [6.45, 7) is 1.70. The molecule has 16 heavy (non-hydrogen) atoms. The number of aromatic amines is 1. The normalized spacial score (nSPS) is 11.2. The lowest BCUT2D eigenvalue weighted by Crippen LogP contribution is -2.27. The molecule has 0 amide bonds. The van der Waals surface area contributed by atoms with E-state index in [9.17, 15) is 0 Å². The summed E-state index contributed by atoms with van der Waals surface area (Å²) in [5.41, 5.74) is 2.70. The number of benzene rings is 1. The number of aliphatic hydroxyl groups excluding tert-OH is 2. The summed E-state index contributed by atoms with van der Waals surface area (Å²) in [4.78, 5) is 7.42. The van der Waals surface area contributed by atoms with Gasteiger partial charge in [-0.25, -0.2) is 4.98 Å². The van der Waals surface area contributed by atoms with Crippen LogP contribution in [0.15, 0.2) is 18.2 Å². The average Bonchev–Trinajstić information content (AvgIpc) is 2.65. The van der Waals surface area contributed by atoms with Crippen LogP contribution in [0.3, 0.4) is 0 Å². The number of fused-ring (bicyclic) bond motifs is 1. The summed E-state index contributed by atoms with van der Waals surface area (Å²) in [5, 5.41) is 21.0. The Morgan fingerprint density at radius 2 is 2.12 bits per heavy atom. The molecule has 0 fully saturated rings. The van der Waals surface area contributed by atoms with Gasteiger partial charge in [-0.3, -0.25) is 0 Å². The molecule has 1 aromatic heterocycles. The third-order valence-electron chi connectivity index (χ3n) is 2.41. The van der Waals surface area contributed by atoms with Crippen LogP contribution in [-0.4, -0.2) is 39.4 Å². The van der Waals surface area contributed by atoms with Gasteiger partial charge >= 0.3 is 0 Å². The zero-order chi connectivity index (χ0) is 11.5. The summed E-state index contributed by atoms with van der Waals surface area (Å²) < 4.78 is 0. The molecule has 1 aromatic carbocycles. The molecule has 0 bridgehead atoms. The highest BCUT2D eigenvalue weighted by atomic mass is 16.3. The number of hydrogen-bond acceptors (Lipinski definition) is 4. The average molecular weight is 221 g/mol. The maximum atomic E-state index is 8.96. The van der Waals surface area contributed by atoms with Crippen molar-refractivity contribution in [3.8, 4) is 0 Å². The van der Waals surface area contributed by atoms with Crippen LogP contribution in [0.1, 0.15) is 5.82 Å². The van der Waals surface area contributed by atoms with E-state index in [1.54, 1.807) is 0 Å². The van der Waals surface area contributed by atoms with Crippen LogP contribution in [0, 0.1) is 6.92 Å². The summed E-state index contributed by atoms with van der Waals surface area (Å²) in [7, 11) is 0. The lowest BCUT2D eigenvalue weighted by Gasteiger charge is -2.14. The molecule has 5 heteroatoms. The van der Waals surface area contributed by atoms with Crippen molar-refractivity contribution in [1.29, 1.82) is 0 Å². The fourth-order valence-corrected chi connectivity index (χ4v) is 1.61. The van der Waals surface area contributed by atoms with Crippen LogP contribution in [-0.2, 0) is 0 Å². The van der Waals surface area contributed by atoms with Gasteiger partial charge in [0.05, 0.1) is 30.3 Å². The maximum absolute atomic E-state index is 8.96. The molecule has 0 aliphatic heterocycles. The number of nitrogens with one attached hydrogen (secondary N) is 2. The van der Waals surface area contributed by atoms with E-state index >= 15 is 0 Å². The highest BCUT2D eigenvalue weighted by Gasteiger charge is 2.06. The largest absolute Gasteiger partial charge is 0.394 e. The number of H-pyrrole nitrogens is 1. The molecule has 5 nitrogen and oxygen atoms in total. The summed E-state index contributed by atoms with van der Waals surface area (Å²) in [5.74, 6) is 0.869. The van der Waals surface area contributed by atoms with E-state index in [1.165, 1.54) is 0 Å². The van der Waals surface area contributed by atoms with Crippen molar-refractivity contribution in [3.63, 3.8) is 0 Å². The number of imidazole rings is 1. The first-order chi connectivity index (χ1) is 7.72. The summed E-state index contributed by atoms with van der Waals surface area (Å²) >= 11 is 0. The van der Waals surface area contributed by atoms with Crippen LogP contribution in [0.5, 0.6) is 0 Å². The Kier molecular flexibility index (Phi) is 3.07. The Hall–Kier alpha value is -1.59. The second-order valence-corrected chi connectivity index (χ2v) is 3.76. The van der Waals surface area contributed by atoms with E-state index in [2.05, 4.69) is 15.3 Å². The first-order valence-electron chi connectivity index (χ1n) is 5.17. The second-order valence-electron chi connectivity index (χ2n) is 3.76. The van der Waals surface area contributed by atoms with Gasteiger partial charge in [0, 0.05) is 5.69 Å². The number of aryl methyl sites for hydroxylation is 1. The SMILES string of the molecule is Cc1nc2ccc(NC(CO)CO)cc2[nH]1. The maximum Gasteiger partial charge on any atom is 0.104 e. The molecule has 0 radical (unpaired) electrons. The Balaban J connectivity index is 2.24. The van der Waals surface area contributed by atoms with Crippen LogP contribution in [0.2, 0.25) is 0 Å². The third-order valence-corrected chi connectivity index (χ3v) is 2.41. The predicted molar refractivity (Wildman–Crippen MR) is 62.4 cm³/mol. The Morgan fingerprint density at radius 3 is 2.81 bits per heavy atom. The third kappa shape index (κ3) is 2.15. The Bertz CT molecular complexity index is 477. The van der Waals surface area contributed by atoms with Gasteiger partial charge in [-0.2, -0.15) is 0 Å². The van der Waals surface area contributed by atoms with E-state index in [0.29, 0.717) is 0 Å². The highest BCUT2D eigenvalue weighted by Crippen LogP contribution is 2.17. The van der Waals surface area contributed by atoms with E-state index in [1.807, 2.05) is 25.1 Å². The van der Waals surface area contributed by atoms with Gasteiger partial charge in [-0.05, 0) is 25.1 Å². The molecular weight excluding hydrogens is 206 g/mol. The Labute approximate surface area is 93.1 Å². The first-order valence-corrected chi connectivity index (χ1v) is 5.17. The number of aliphatic hydroxyl groups is 2. The standard InChI is InChI=1S/C11H15N3O2/c1-7-12-10-3-2-8(4-11(10)13-7)14-9(5-15)6-16/h2-4,9,14-16H,5-6H2,1H3,(H,12,13). The minimum atomic E-state index is -0.332. The van der Waals surface area contributed by atoms with E-state index in [0.717, 1.165) is 22.5 Å². The molecule has 2 rings (SSSR count). The van der Waals surface area contributed by atoms with E-state index in [-0.39, 0.29) is 19.3 Å². The molecule has 0 saturated carbocycles. The molecule has 86 valence electrons. The molecular formula is C11H15N3O2. The molecule has 1 heterocycles. The molecule has 4 N–H and O–H groups in total. The molecule has 0 saturated heterocycles. The van der Waals surface area contributed by atoms with Gasteiger partial charge in [0.1, 0.15) is 5.82 Å². The fourth-order valence-electron chi connectivity index (χ4n) is 1.61. The molecule has 0 aliphatic rings. The van der Waals surface area contributed by atoms with Gasteiger partial charge in [0.25, 0.3) is 0 Å². The minimum Gasteiger partial charge on any atom is -0.394 e. The quantitative estimate of drug-likeness (QED) is 0.610. The van der Waals surface area contributed by atoms with Crippen molar-refractivity contribution in [2.45, 2.75) is 13.0 Å². The predicted octanol–water partition coefficient (Wildman–Crippen LogP) is 0.636. The van der Waals surface area contributed by atoms with Crippen molar-refractivity contribution in [1.82, 2.24) is 9.97 Å². The van der Waals surface area contributed by atoms with Crippen molar-refractivity contribution >= 4 is 16.7 Å². The van der Waals surface area contributed by atoms with Crippen LogP contribution in [0.4, 0.5) is 5.69 Å². The zero-order valence-corrected chi connectivity index (χ0v) is 9.07. The monoisotopic (exact) mass is 221 g/mol. The lowest BCUT2D eigenvalue weighted by atomic mass is 10.2. The van der Waals surface area contributed by atoms with Gasteiger partial charge in [-0.1, -0.05) is 0 Å². The van der Waals surface area contributed by atoms with Crippen LogP contribution >= 0.6 is 0 Å². The molecule has 0 atom stereocenters.